The normalized spacial score (nSPS) is 24.9. The van der Waals surface area contributed by atoms with Crippen molar-refractivity contribution in [2.45, 2.75) is 43.9 Å². The third-order valence-electron chi connectivity index (χ3n) is 3.37. The summed E-state index contributed by atoms with van der Waals surface area (Å²) in [5.74, 6) is 0.288. The molecule has 7 heteroatoms. The molecule has 1 N–H and O–H groups in total. The van der Waals surface area contributed by atoms with Crippen molar-refractivity contribution in [2.75, 3.05) is 12.8 Å². The minimum absolute atomic E-state index is 0.169. The van der Waals surface area contributed by atoms with Crippen molar-refractivity contribution in [3.63, 3.8) is 0 Å². The zero-order chi connectivity index (χ0) is 13.2. The van der Waals surface area contributed by atoms with Gasteiger partial charge in [-0.15, -0.1) is 10.2 Å². The number of nitrogens with one attached hydrogen (secondary N) is 1. The summed E-state index contributed by atoms with van der Waals surface area (Å²) in [6, 6.07) is 0.169. The maximum Gasteiger partial charge on any atom is 0.159 e. The van der Waals surface area contributed by atoms with Crippen molar-refractivity contribution in [1.82, 2.24) is 15.5 Å². The van der Waals surface area contributed by atoms with E-state index in [0.29, 0.717) is 11.4 Å². The standard InChI is InChI=1S/C11H19N3O2S2/c1-3-8(12-2)10-13-14-11(17-10)9-6-4-5-7-18(9,15)16/h8-9,12H,3-7H2,1-2H3. The highest BCUT2D eigenvalue weighted by atomic mass is 32.2. The van der Waals surface area contributed by atoms with Crippen LogP contribution in [0, 0.1) is 0 Å². The van der Waals surface area contributed by atoms with Crippen LogP contribution in [-0.2, 0) is 9.84 Å². The Balaban J connectivity index is 2.24. The van der Waals surface area contributed by atoms with Crippen LogP contribution in [-0.4, -0.2) is 31.4 Å². The van der Waals surface area contributed by atoms with Gasteiger partial charge in [-0.05, 0) is 26.3 Å². The second kappa shape index (κ2) is 5.63. The van der Waals surface area contributed by atoms with Gasteiger partial charge in [0.05, 0.1) is 11.8 Å². The summed E-state index contributed by atoms with van der Waals surface area (Å²) < 4.78 is 24.0. The lowest BCUT2D eigenvalue weighted by atomic mass is 10.2. The molecule has 5 nitrogen and oxygen atoms in total. The van der Waals surface area contributed by atoms with Gasteiger partial charge >= 0.3 is 0 Å². The van der Waals surface area contributed by atoms with Crippen LogP contribution >= 0.6 is 11.3 Å². The molecule has 1 aromatic rings. The fourth-order valence-electron chi connectivity index (χ4n) is 2.25. The number of aromatic nitrogens is 2. The van der Waals surface area contributed by atoms with Gasteiger partial charge in [-0.2, -0.15) is 0 Å². The Morgan fingerprint density at radius 3 is 2.83 bits per heavy atom. The average Bonchev–Trinajstić information content (AvgIpc) is 2.79. The van der Waals surface area contributed by atoms with E-state index in [0.717, 1.165) is 24.3 Å². The molecule has 1 aliphatic rings. The van der Waals surface area contributed by atoms with Crippen LogP contribution in [0.15, 0.2) is 0 Å². The summed E-state index contributed by atoms with van der Waals surface area (Å²) in [5.41, 5.74) is 0. The van der Waals surface area contributed by atoms with E-state index in [4.69, 9.17) is 0 Å². The minimum atomic E-state index is -3.01. The molecule has 1 aromatic heterocycles. The Morgan fingerprint density at radius 1 is 1.44 bits per heavy atom. The highest BCUT2D eigenvalue weighted by Gasteiger charge is 2.33. The predicted molar refractivity (Wildman–Crippen MR) is 72.4 cm³/mol. The SMILES string of the molecule is CCC(NC)c1nnc(C2CCCCS2(=O)=O)s1. The number of rotatable bonds is 4. The molecule has 1 fully saturated rings. The summed E-state index contributed by atoms with van der Waals surface area (Å²) in [5, 5.41) is 12.5. The maximum absolute atomic E-state index is 12.0. The van der Waals surface area contributed by atoms with Gasteiger partial charge in [-0.3, -0.25) is 0 Å². The molecule has 1 aliphatic heterocycles. The van der Waals surface area contributed by atoms with Gasteiger partial charge in [-0.25, -0.2) is 8.42 Å². The van der Waals surface area contributed by atoms with E-state index in [1.807, 2.05) is 7.05 Å². The Bertz CT molecular complexity index is 494. The molecule has 102 valence electrons. The van der Waals surface area contributed by atoms with Crippen LogP contribution in [0.1, 0.15) is 53.9 Å². The number of hydrogen-bond acceptors (Lipinski definition) is 6. The molecular formula is C11H19N3O2S2. The zero-order valence-electron chi connectivity index (χ0n) is 10.7. The summed E-state index contributed by atoms with van der Waals surface area (Å²) >= 11 is 1.44. The average molecular weight is 289 g/mol. The molecule has 0 aliphatic carbocycles. The lowest BCUT2D eigenvalue weighted by Crippen LogP contribution is -2.21. The lowest BCUT2D eigenvalue weighted by Gasteiger charge is -2.19. The van der Waals surface area contributed by atoms with Crippen LogP contribution in [0.25, 0.3) is 0 Å². The van der Waals surface area contributed by atoms with Crippen LogP contribution in [0.5, 0.6) is 0 Å². The molecular weight excluding hydrogens is 270 g/mol. The van der Waals surface area contributed by atoms with Gasteiger partial charge in [0.2, 0.25) is 0 Å². The topological polar surface area (TPSA) is 72.0 Å². The van der Waals surface area contributed by atoms with Crippen LogP contribution in [0.4, 0.5) is 0 Å². The van der Waals surface area contributed by atoms with Gasteiger partial charge in [0, 0.05) is 0 Å². The second-order valence-electron chi connectivity index (χ2n) is 4.58. The Labute approximate surface area is 112 Å². The van der Waals surface area contributed by atoms with E-state index in [-0.39, 0.29) is 11.8 Å². The van der Waals surface area contributed by atoms with Crippen LogP contribution < -0.4 is 5.32 Å². The van der Waals surface area contributed by atoms with Gasteiger partial charge in [0.15, 0.2) is 9.84 Å². The monoisotopic (exact) mass is 289 g/mol. The third-order valence-corrected chi connectivity index (χ3v) is 6.85. The van der Waals surface area contributed by atoms with E-state index in [9.17, 15) is 8.42 Å². The zero-order valence-corrected chi connectivity index (χ0v) is 12.4. The molecule has 1 saturated heterocycles. The third kappa shape index (κ3) is 2.73. The molecule has 0 spiro atoms. The summed E-state index contributed by atoms with van der Waals surface area (Å²) in [6.07, 6.45) is 3.34. The summed E-state index contributed by atoms with van der Waals surface area (Å²) in [4.78, 5) is 0. The quantitative estimate of drug-likeness (QED) is 0.916. The second-order valence-corrected chi connectivity index (χ2v) is 7.92. The molecule has 18 heavy (non-hydrogen) atoms. The highest BCUT2D eigenvalue weighted by molar-refractivity contribution is 7.91. The van der Waals surface area contributed by atoms with Gasteiger partial charge < -0.3 is 5.32 Å². The van der Waals surface area contributed by atoms with Crippen molar-refractivity contribution in [2.24, 2.45) is 0 Å². The Kier molecular flexibility index (Phi) is 4.34. The summed E-state index contributed by atoms with van der Waals surface area (Å²) in [6.45, 7) is 2.07. The molecule has 2 atom stereocenters. The molecule has 2 unspecified atom stereocenters. The van der Waals surface area contributed by atoms with Crippen molar-refractivity contribution in [3.05, 3.63) is 10.0 Å². The van der Waals surface area contributed by atoms with Crippen molar-refractivity contribution in [3.8, 4) is 0 Å². The van der Waals surface area contributed by atoms with E-state index >= 15 is 0 Å². The lowest BCUT2D eigenvalue weighted by molar-refractivity contribution is 0.543. The van der Waals surface area contributed by atoms with Gasteiger partial charge in [-0.1, -0.05) is 24.7 Å². The minimum Gasteiger partial charge on any atom is -0.311 e. The number of nitrogens with zero attached hydrogens (tertiary/aromatic N) is 2. The van der Waals surface area contributed by atoms with Gasteiger partial charge in [0.1, 0.15) is 15.3 Å². The van der Waals surface area contributed by atoms with Crippen LogP contribution in [0.3, 0.4) is 0 Å². The molecule has 0 saturated carbocycles. The van der Waals surface area contributed by atoms with Gasteiger partial charge in [0.25, 0.3) is 0 Å². The number of sulfone groups is 1. The maximum atomic E-state index is 12.0. The number of hydrogen-bond donors (Lipinski definition) is 1. The molecule has 0 radical (unpaired) electrons. The van der Waals surface area contributed by atoms with Crippen molar-refractivity contribution >= 4 is 21.2 Å². The summed E-state index contributed by atoms with van der Waals surface area (Å²) in [7, 11) is -1.13. The van der Waals surface area contributed by atoms with E-state index < -0.39 is 15.1 Å². The van der Waals surface area contributed by atoms with E-state index in [2.05, 4.69) is 22.4 Å². The van der Waals surface area contributed by atoms with Crippen LogP contribution in [0.2, 0.25) is 0 Å². The first-order valence-corrected chi connectivity index (χ1v) is 8.83. The fourth-order valence-corrected chi connectivity index (χ4v) is 5.66. The highest BCUT2D eigenvalue weighted by Crippen LogP contribution is 2.36. The van der Waals surface area contributed by atoms with Crippen molar-refractivity contribution in [1.29, 1.82) is 0 Å². The molecule has 2 heterocycles. The molecule has 2 rings (SSSR count). The Hall–Kier alpha value is -0.530. The first-order valence-electron chi connectivity index (χ1n) is 6.30. The Morgan fingerprint density at radius 2 is 2.22 bits per heavy atom. The molecule has 0 amide bonds. The smallest absolute Gasteiger partial charge is 0.159 e. The first-order chi connectivity index (χ1) is 8.58. The fraction of sp³-hybridized carbons (Fsp3) is 0.818. The molecule has 0 bridgehead atoms. The van der Waals surface area contributed by atoms with E-state index in [1.54, 1.807) is 0 Å². The van der Waals surface area contributed by atoms with E-state index in [1.165, 1.54) is 11.3 Å². The largest absolute Gasteiger partial charge is 0.311 e. The molecule has 0 aromatic carbocycles. The predicted octanol–water partition coefficient (Wildman–Crippen LogP) is 1.85. The van der Waals surface area contributed by atoms with Crippen molar-refractivity contribution < 1.29 is 8.42 Å². The first kappa shape index (κ1) is 13.9.